The van der Waals surface area contributed by atoms with Gasteiger partial charge in [-0.15, -0.1) is 0 Å². The van der Waals surface area contributed by atoms with Crippen LogP contribution in [0.2, 0.25) is 0 Å². The van der Waals surface area contributed by atoms with E-state index in [0.717, 1.165) is 4.90 Å². The zero-order valence-electron chi connectivity index (χ0n) is 18.0. The number of rotatable bonds is 8. The molecule has 0 aromatic carbocycles. The summed E-state index contributed by atoms with van der Waals surface area (Å²) in [7, 11) is 0. The van der Waals surface area contributed by atoms with Gasteiger partial charge in [0.25, 0.3) is 0 Å². The summed E-state index contributed by atoms with van der Waals surface area (Å²) in [5.41, 5.74) is -0.916. The van der Waals surface area contributed by atoms with Gasteiger partial charge in [0.2, 0.25) is 5.91 Å². The van der Waals surface area contributed by atoms with Crippen LogP contribution in [0, 0.1) is 17.8 Å². The number of esters is 1. The summed E-state index contributed by atoms with van der Waals surface area (Å²) in [6, 6.07) is -0.517. The predicted molar refractivity (Wildman–Crippen MR) is 99.8 cm³/mol. The van der Waals surface area contributed by atoms with E-state index in [1.54, 1.807) is 27.7 Å². The number of amides is 2. The fourth-order valence-corrected chi connectivity index (χ4v) is 3.35. The molecule has 6 nitrogen and oxygen atoms in total. The maximum absolute atomic E-state index is 13.2. The van der Waals surface area contributed by atoms with Gasteiger partial charge in [-0.05, 0) is 39.5 Å². The molecule has 1 fully saturated rings. The van der Waals surface area contributed by atoms with Crippen molar-refractivity contribution in [1.82, 2.24) is 4.90 Å². The number of nitrogens with zero attached hydrogens (tertiary/aromatic N) is 1. The number of hydrogen-bond acceptors (Lipinski definition) is 5. The lowest BCUT2D eigenvalue weighted by molar-refractivity contribution is -0.169. The van der Waals surface area contributed by atoms with Gasteiger partial charge in [-0.1, -0.05) is 27.2 Å². The van der Waals surface area contributed by atoms with Gasteiger partial charge >= 0.3 is 18.2 Å². The highest BCUT2D eigenvalue weighted by Gasteiger charge is 2.46. The lowest BCUT2D eigenvalue weighted by Gasteiger charge is -2.32. The summed E-state index contributed by atoms with van der Waals surface area (Å²) in [5, 5.41) is 0. The molecule has 9 heteroatoms. The van der Waals surface area contributed by atoms with Gasteiger partial charge in [0.05, 0.1) is 17.9 Å². The molecule has 1 rings (SSSR count). The maximum Gasteiger partial charge on any atom is 0.416 e. The Kier molecular flexibility index (Phi) is 8.53. The van der Waals surface area contributed by atoms with Crippen LogP contribution in [-0.2, 0) is 19.1 Å². The predicted octanol–water partition coefficient (Wildman–Crippen LogP) is 4.71. The van der Waals surface area contributed by atoms with Gasteiger partial charge in [0, 0.05) is 6.42 Å². The minimum Gasteiger partial charge on any atom is -0.460 e. The molecule has 0 aromatic rings. The van der Waals surface area contributed by atoms with Crippen LogP contribution in [0.1, 0.15) is 67.2 Å². The lowest BCUT2D eigenvalue weighted by Crippen LogP contribution is -2.48. The highest BCUT2D eigenvalue weighted by Crippen LogP contribution is 2.34. The van der Waals surface area contributed by atoms with E-state index in [2.05, 4.69) is 0 Å². The number of cyclic esters (lactones) is 1. The van der Waals surface area contributed by atoms with Gasteiger partial charge < -0.3 is 9.47 Å². The molecular weight excluding hydrogens is 391 g/mol. The van der Waals surface area contributed by atoms with Crippen molar-refractivity contribution in [3.63, 3.8) is 0 Å². The van der Waals surface area contributed by atoms with Crippen LogP contribution < -0.4 is 0 Å². The first-order chi connectivity index (χ1) is 13.2. The number of carbonyl (C=O) groups excluding carboxylic acids is 3. The Morgan fingerprint density at radius 2 is 1.76 bits per heavy atom. The van der Waals surface area contributed by atoms with Gasteiger partial charge in [0.1, 0.15) is 12.2 Å². The fourth-order valence-electron chi connectivity index (χ4n) is 3.35. The second-order valence-electron chi connectivity index (χ2n) is 8.79. The molecule has 1 aliphatic heterocycles. The van der Waals surface area contributed by atoms with Crippen molar-refractivity contribution in [2.75, 3.05) is 6.61 Å². The maximum atomic E-state index is 13.2. The molecule has 0 aliphatic carbocycles. The van der Waals surface area contributed by atoms with Crippen LogP contribution in [0.4, 0.5) is 18.0 Å². The van der Waals surface area contributed by atoms with Crippen LogP contribution in [0.25, 0.3) is 0 Å². The average molecular weight is 423 g/mol. The van der Waals surface area contributed by atoms with E-state index in [4.69, 9.17) is 9.47 Å². The fraction of sp³-hybridized carbons (Fsp3) is 0.850. The normalized spacial score (nSPS) is 19.9. The monoisotopic (exact) mass is 423 g/mol. The molecule has 1 aliphatic rings. The van der Waals surface area contributed by atoms with Crippen molar-refractivity contribution in [1.29, 1.82) is 0 Å². The third kappa shape index (κ3) is 7.51. The molecule has 1 heterocycles. The Morgan fingerprint density at radius 3 is 2.21 bits per heavy atom. The zero-order chi connectivity index (χ0) is 22.6. The Balaban J connectivity index is 3.23. The summed E-state index contributed by atoms with van der Waals surface area (Å²) in [6.07, 6.45) is -6.49. The molecule has 1 saturated heterocycles. The third-order valence-electron chi connectivity index (χ3n) is 4.76. The summed E-state index contributed by atoms with van der Waals surface area (Å²) < 4.78 is 48.9. The van der Waals surface area contributed by atoms with Crippen LogP contribution in [0.5, 0.6) is 0 Å². The molecular formula is C20H32F3NO5. The first-order valence-corrected chi connectivity index (χ1v) is 9.97. The molecule has 168 valence electrons. The molecule has 0 saturated carbocycles. The molecule has 0 radical (unpaired) electrons. The van der Waals surface area contributed by atoms with E-state index < -0.39 is 60.5 Å². The van der Waals surface area contributed by atoms with Gasteiger partial charge in [0.15, 0.2) is 0 Å². The van der Waals surface area contributed by atoms with Crippen LogP contribution in [-0.4, -0.2) is 47.3 Å². The van der Waals surface area contributed by atoms with Crippen molar-refractivity contribution in [2.24, 2.45) is 17.8 Å². The largest absolute Gasteiger partial charge is 0.460 e. The minimum atomic E-state index is -4.48. The number of imide groups is 1. The summed E-state index contributed by atoms with van der Waals surface area (Å²) >= 11 is 0. The van der Waals surface area contributed by atoms with Crippen molar-refractivity contribution in [3.05, 3.63) is 0 Å². The highest BCUT2D eigenvalue weighted by atomic mass is 19.4. The lowest BCUT2D eigenvalue weighted by atomic mass is 9.83. The van der Waals surface area contributed by atoms with Crippen molar-refractivity contribution >= 4 is 18.0 Å². The molecule has 29 heavy (non-hydrogen) atoms. The van der Waals surface area contributed by atoms with E-state index in [0.29, 0.717) is 6.42 Å². The molecule has 0 N–H and O–H groups in total. The van der Waals surface area contributed by atoms with Crippen LogP contribution in [0.15, 0.2) is 0 Å². The highest BCUT2D eigenvalue weighted by molar-refractivity contribution is 5.96. The molecule has 3 atom stereocenters. The first-order valence-electron chi connectivity index (χ1n) is 9.97. The Labute approximate surface area is 170 Å². The molecule has 2 amide bonds. The summed E-state index contributed by atoms with van der Waals surface area (Å²) in [4.78, 5) is 39.1. The van der Waals surface area contributed by atoms with E-state index in [1.807, 2.05) is 13.8 Å². The van der Waals surface area contributed by atoms with Gasteiger partial charge in [-0.3, -0.25) is 9.59 Å². The smallest absolute Gasteiger partial charge is 0.416 e. The van der Waals surface area contributed by atoms with E-state index >= 15 is 0 Å². The summed E-state index contributed by atoms with van der Waals surface area (Å²) in [5.74, 6) is -4.02. The Morgan fingerprint density at radius 1 is 1.17 bits per heavy atom. The topological polar surface area (TPSA) is 72.9 Å². The Bertz CT molecular complexity index is 598. The van der Waals surface area contributed by atoms with E-state index in [-0.39, 0.29) is 18.9 Å². The molecule has 0 unspecified atom stereocenters. The van der Waals surface area contributed by atoms with Crippen molar-refractivity contribution < 1.29 is 37.0 Å². The quantitative estimate of drug-likeness (QED) is 0.529. The van der Waals surface area contributed by atoms with Crippen LogP contribution in [0.3, 0.4) is 0 Å². The average Bonchev–Trinajstić information content (AvgIpc) is 2.92. The zero-order valence-corrected chi connectivity index (χ0v) is 18.0. The Hall–Kier alpha value is -1.80. The van der Waals surface area contributed by atoms with E-state index in [9.17, 15) is 27.6 Å². The second kappa shape index (κ2) is 9.80. The number of halogens is 3. The van der Waals surface area contributed by atoms with Crippen LogP contribution >= 0.6 is 0 Å². The molecule has 0 aromatic heterocycles. The van der Waals surface area contributed by atoms with Crippen molar-refractivity contribution in [2.45, 2.75) is 85.0 Å². The van der Waals surface area contributed by atoms with Crippen molar-refractivity contribution in [3.8, 4) is 0 Å². The third-order valence-corrected chi connectivity index (χ3v) is 4.76. The van der Waals surface area contributed by atoms with Gasteiger partial charge in [-0.2, -0.15) is 13.2 Å². The molecule has 0 spiro atoms. The second-order valence-corrected chi connectivity index (χ2v) is 8.79. The minimum absolute atomic E-state index is 0.0285. The SMILES string of the molecule is CCC[C@@H](C(=O)N1C(=O)OC[C@@H]1C(C)C)[C@H](CCC(F)(F)F)C(=O)OC(C)(C)C. The summed E-state index contributed by atoms with van der Waals surface area (Å²) in [6.45, 7) is 10.2. The van der Waals surface area contributed by atoms with E-state index in [1.165, 1.54) is 0 Å². The number of hydrogen-bond donors (Lipinski definition) is 0. The number of carbonyl (C=O) groups is 3. The molecule has 0 bridgehead atoms. The standard InChI is InChI=1S/C20H32F3NO5/c1-7-8-13(16(25)24-15(12(2)3)11-28-18(24)27)14(9-10-20(21,22)23)17(26)29-19(4,5)6/h12-15H,7-11H2,1-6H3/t13-,14+,15-/m1/s1. The van der Waals surface area contributed by atoms with Gasteiger partial charge in [-0.25, -0.2) is 9.69 Å². The first kappa shape index (κ1) is 25.2. The number of alkyl halides is 3. The number of ether oxygens (including phenoxy) is 2.